The van der Waals surface area contributed by atoms with Gasteiger partial charge in [-0.1, -0.05) is 24.3 Å². The summed E-state index contributed by atoms with van der Waals surface area (Å²) in [5.41, 5.74) is 0.934. The first-order valence-corrected chi connectivity index (χ1v) is 2.49. The molecule has 1 radical (unpaired) electrons. The summed E-state index contributed by atoms with van der Waals surface area (Å²) in [6.45, 7) is 0.120. The van der Waals surface area contributed by atoms with Crippen molar-refractivity contribution in [2.75, 3.05) is 0 Å². The number of hydrogen-bond acceptors (Lipinski definition) is 1. The quantitative estimate of drug-likeness (QED) is 0.567. The molecule has 41 valence electrons. The number of hydrogen-bond donors (Lipinski definition) is 1. The Morgan fingerprint density at radius 2 is 2.00 bits per heavy atom. The predicted octanol–water partition coefficient (Wildman–Crippen LogP) is 0.979. The van der Waals surface area contributed by atoms with Crippen molar-refractivity contribution in [1.82, 2.24) is 0 Å². The normalized spacial score (nSPS) is 9.12. The fourth-order valence-corrected chi connectivity index (χ4v) is 0.527. The molecule has 8 heavy (non-hydrogen) atoms. The third kappa shape index (κ3) is 1.07. The fourth-order valence-electron chi connectivity index (χ4n) is 0.527. The van der Waals surface area contributed by atoms with Gasteiger partial charge in [-0.15, -0.1) is 0 Å². The third-order valence-corrected chi connectivity index (χ3v) is 0.970. The average Bonchev–Trinajstić information content (AvgIpc) is 1.90. The Morgan fingerprint density at radius 1 is 1.38 bits per heavy atom. The van der Waals surface area contributed by atoms with Gasteiger partial charge in [0.25, 0.3) is 0 Å². The highest BCUT2D eigenvalue weighted by atomic mass is 16.3. The molecule has 1 nitrogen and oxygen atoms in total. The van der Waals surface area contributed by atoms with Gasteiger partial charge < -0.3 is 5.11 Å². The van der Waals surface area contributed by atoms with Crippen LogP contribution in [0.5, 0.6) is 0 Å². The SMILES string of the molecule is OCc1cc[c]cc1. The molecular formula is C7H7O. The Labute approximate surface area is 48.6 Å². The summed E-state index contributed by atoms with van der Waals surface area (Å²) in [5, 5.41) is 8.52. The average molecular weight is 107 g/mol. The van der Waals surface area contributed by atoms with E-state index in [9.17, 15) is 0 Å². The van der Waals surface area contributed by atoms with Crippen LogP contribution in [0.2, 0.25) is 0 Å². The van der Waals surface area contributed by atoms with Crippen LogP contribution in [0.25, 0.3) is 0 Å². The van der Waals surface area contributed by atoms with Crippen molar-refractivity contribution in [2.45, 2.75) is 6.61 Å². The standard InChI is InChI=1S/C7H7O/c8-6-7-4-2-1-3-5-7/h2-5,8H,6H2. The Kier molecular flexibility index (Phi) is 1.65. The lowest BCUT2D eigenvalue weighted by Gasteiger charge is -1.88. The van der Waals surface area contributed by atoms with Crippen molar-refractivity contribution < 1.29 is 5.11 Å². The van der Waals surface area contributed by atoms with Crippen molar-refractivity contribution in [3.05, 3.63) is 35.9 Å². The molecule has 1 aromatic rings. The van der Waals surface area contributed by atoms with Crippen LogP contribution >= 0.6 is 0 Å². The van der Waals surface area contributed by atoms with Crippen molar-refractivity contribution in [1.29, 1.82) is 0 Å². The second-order valence-electron chi connectivity index (χ2n) is 1.57. The zero-order chi connectivity index (χ0) is 5.82. The highest BCUT2D eigenvalue weighted by Crippen LogP contribution is 1.94. The van der Waals surface area contributed by atoms with Gasteiger partial charge in [-0.3, -0.25) is 0 Å². The minimum atomic E-state index is 0.120. The van der Waals surface area contributed by atoms with E-state index in [1.54, 1.807) is 12.1 Å². The van der Waals surface area contributed by atoms with E-state index < -0.39 is 0 Å². The topological polar surface area (TPSA) is 20.2 Å². The highest BCUT2D eigenvalue weighted by Gasteiger charge is 1.81. The fraction of sp³-hybridized carbons (Fsp3) is 0.143. The van der Waals surface area contributed by atoms with Gasteiger partial charge in [-0.2, -0.15) is 0 Å². The summed E-state index contributed by atoms with van der Waals surface area (Å²) in [5.74, 6) is 0. The van der Waals surface area contributed by atoms with Crippen LogP contribution in [0, 0.1) is 6.07 Å². The molecule has 0 atom stereocenters. The first-order chi connectivity index (χ1) is 3.93. The first-order valence-electron chi connectivity index (χ1n) is 2.49. The van der Waals surface area contributed by atoms with Gasteiger partial charge in [-0.25, -0.2) is 0 Å². The number of aliphatic hydroxyl groups is 1. The summed E-state index contributed by atoms with van der Waals surface area (Å²) in [6, 6.07) is 10.1. The maximum absolute atomic E-state index is 8.52. The Hall–Kier alpha value is -0.820. The van der Waals surface area contributed by atoms with E-state index in [1.807, 2.05) is 12.1 Å². The third-order valence-electron chi connectivity index (χ3n) is 0.970. The molecule has 1 N–H and O–H groups in total. The largest absolute Gasteiger partial charge is 0.392 e. The maximum Gasteiger partial charge on any atom is 0.0681 e. The summed E-state index contributed by atoms with van der Waals surface area (Å²) in [4.78, 5) is 0. The lowest BCUT2D eigenvalue weighted by Crippen LogP contribution is -1.78. The lowest BCUT2D eigenvalue weighted by molar-refractivity contribution is 0.282. The van der Waals surface area contributed by atoms with E-state index >= 15 is 0 Å². The van der Waals surface area contributed by atoms with Crippen molar-refractivity contribution in [2.24, 2.45) is 0 Å². The molecule has 0 aliphatic carbocycles. The van der Waals surface area contributed by atoms with Crippen LogP contribution in [0.3, 0.4) is 0 Å². The van der Waals surface area contributed by atoms with Crippen molar-refractivity contribution in [3.8, 4) is 0 Å². The van der Waals surface area contributed by atoms with Gasteiger partial charge in [0.2, 0.25) is 0 Å². The minimum Gasteiger partial charge on any atom is -0.392 e. The van der Waals surface area contributed by atoms with Crippen LogP contribution in [0.15, 0.2) is 24.3 Å². The molecule has 0 unspecified atom stereocenters. The van der Waals surface area contributed by atoms with E-state index in [0.29, 0.717) is 0 Å². The Bertz CT molecular complexity index is 146. The molecule has 0 fully saturated rings. The highest BCUT2D eigenvalue weighted by molar-refractivity contribution is 5.12. The smallest absolute Gasteiger partial charge is 0.0681 e. The Morgan fingerprint density at radius 3 is 2.38 bits per heavy atom. The molecule has 0 saturated carbocycles. The molecule has 0 spiro atoms. The maximum atomic E-state index is 8.52. The monoisotopic (exact) mass is 107 g/mol. The van der Waals surface area contributed by atoms with Gasteiger partial charge in [-0.05, 0) is 11.6 Å². The van der Waals surface area contributed by atoms with Gasteiger partial charge in [0.1, 0.15) is 0 Å². The summed E-state index contributed by atoms with van der Waals surface area (Å²) >= 11 is 0. The lowest BCUT2D eigenvalue weighted by atomic mass is 10.2. The van der Waals surface area contributed by atoms with Gasteiger partial charge in [0.15, 0.2) is 0 Å². The molecule has 1 aromatic carbocycles. The van der Waals surface area contributed by atoms with Gasteiger partial charge >= 0.3 is 0 Å². The first kappa shape index (κ1) is 5.32. The summed E-state index contributed by atoms with van der Waals surface area (Å²) in [6.07, 6.45) is 0. The van der Waals surface area contributed by atoms with Crippen LogP contribution in [0.1, 0.15) is 5.56 Å². The molecule has 0 saturated heterocycles. The Balaban J connectivity index is 2.83. The molecule has 0 aliphatic rings. The second kappa shape index (κ2) is 2.48. The molecule has 0 bridgehead atoms. The molecule has 0 heterocycles. The van der Waals surface area contributed by atoms with Crippen molar-refractivity contribution in [3.63, 3.8) is 0 Å². The van der Waals surface area contributed by atoms with E-state index in [4.69, 9.17) is 5.11 Å². The van der Waals surface area contributed by atoms with Crippen LogP contribution < -0.4 is 0 Å². The minimum absolute atomic E-state index is 0.120. The molecule has 0 aliphatic heterocycles. The van der Waals surface area contributed by atoms with E-state index in [-0.39, 0.29) is 6.61 Å². The molecular weight excluding hydrogens is 100 g/mol. The molecule has 0 amide bonds. The number of rotatable bonds is 1. The zero-order valence-electron chi connectivity index (χ0n) is 4.46. The second-order valence-corrected chi connectivity index (χ2v) is 1.57. The van der Waals surface area contributed by atoms with E-state index in [1.165, 1.54) is 0 Å². The zero-order valence-corrected chi connectivity index (χ0v) is 4.46. The van der Waals surface area contributed by atoms with E-state index in [2.05, 4.69) is 6.07 Å². The van der Waals surface area contributed by atoms with Gasteiger partial charge in [0, 0.05) is 0 Å². The predicted molar refractivity (Wildman–Crippen MR) is 31.2 cm³/mol. The van der Waals surface area contributed by atoms with Gasteiger partial charge in [0.05, 0.1) is 6.61 Å². The van der Waals surface area contributed by atoms with Crippen LogP contribution in [-0.2, 0) is 6.61 Å². The number of aliphatic hydroxyl groups excluding tert-OH is 1. The van der Waals surface area contributed by atoms with E-state index in [0.717, 1.165) is 5.56 Å². The van der Waals surface area contributed by atoms with Crippen LogP contribution in [0.4, 0.5) is 0 Å². The summed E-state index contributed by atoms with van der Waals surface area (Å²) < 4.78 is 0. The van der Waals surface area contributed by atoms with Crippen molar-refractivity contribution >= 4 is 0 Å². The number of benzene rings is 1. The molecule has 0 aromatic heterocycles. The van der Waals surface area contributed by atoms with Crippen LogP contribution in [-0.4, -0.2) is 5.11 Å². The molecule has 1 rings (SSSR count). The summed E-state index contributed by atoms with van der Waals surface area (Å²) in [7, 11) is 0. The molecule has 1 heteroatoms.